The second kappa shape index (κ2) is 9.26. The lowest BCUT2D eigenvalue weighted by atomic mass is 9.80. The standard InChI is InChI=1S/C27H29ClN8/c1-27(2)15-29-10-8-21(27)34-26-23-18(16-5-6-16)13-30-14-20(23)33-24(36-26)17-7-11-31-22(12-17)35-25-19(28)4-3-9-32-25/h3-4,7,9,11-14,16,21,29H,5-6,8,10,15H2,1-2H3,(H,31,32,35)(H,33,34,36)/t21-/m0/s1. The summed E-state index contributed by atoms with van der Waals surface area (Å²) in [4.78, 5) is 23.3. The van der Waals surface area contributed by atoms with Gasteiger partial charge in [-0.3, -0.25) is 4.98 Å². The van der Waals surface area contributed by atoms with Crippen LogP contribution >= 0.6 is 11.6 Å². The van der Waals surface area contributed by atoms with Crippen LogP contribution in [-0.4, -0.2) is 44.1 Å². The van der Waals surface area contributed by atoms with Gasteiger partial charge in [0.25, 0.3) is 0 Å². The summed E-state index contributed by atoms with van der Waals surface area (Å²) < 4.78 is 0. The van der Waals surface area contributed by atoms with Crippen LogP contribution in [-0.2, 0) is 0 Å². The van der Waals surface area contributed by atoms with Crippen LogP contribution in [0.4, 0.5) is 17.5 Å². The van der Waals surface area contributed by atoms with Crippen molar-refractivity contribution >= 4 is 40.0 Å². The average Bonchev–Trinajstić information content (AvgIpc) is 3.72. The highest BCUT2D eigenvalue weighted by molar-refractivity contribution is 6.33. The van der Waals surface area contributed by atoms with Crippen LogP contribution < -0.4 is 16.0 Å². The van der Waals surface area contributed by atoms with E-state index in [1.165, 1.54) is 18.4 Å². The van der Waals surface area contributed by atoms with Crippen molar-refractivity contribution in [1.82, 2.24) is 30.2 Å². The van der Waals surface area contributed by atoms with Crippen molar-refractivity contribution in [1.29, 1.82) is 0 Å². The number of aromatic nitrogens is 5. The van der Waals surface area contributed by atoms with Gasteiger partial charge in [0.15, 0.2) is 5.82 Å². The number of nitrogens with zero attached hydrogens (tertiary/aromatic N) is 5. The summed E-state index contributed by atoms with van der Waals surface area (Å²) in [6.45, 7) is 6.55. The Morgan fingerprint density at radius 1 is 1.03 bits per heavy atom. The summed E-state index contributed by atoms with van der Waals surface area (Å²) in [6, 6.07) is 7.72. The lowest BCUT2D eigenvalue weighted by molar-refractivity contribution is 0.236. The highest BCUT2D eigenvalue weighted by Gasteiger charge is 2.34. The fourth-order valence-electron chi connectivity index (χ4n) is 4.89. The molecule has 0 unspecified atom stereocenters. The van der Waals surface area contributed by atoms with E-state index in [0.717, 1.165) is 41.8 Å². The summed E-state index contributed by atoms with van der Waals surface area (Å²) in [7, 11) is 0. The van der Waals surface area contributed by atoms with Gasteiger partial charge in [-0.15, -0.1) is 0 Å². The maximum Gasteiger partial charge on any atom is 0.162 e. The van der Waals surface area contributed by atoms with Gasteiger partial charge in [-0.25, -0.2) is 19.9 Å². The molecule has 0 aromatic carbocycles. The molecule has 0 spiro atoms. The Bertz CT molecular complexity index is 1420. The van der Waals surface area contributed by atoms with Gasteiger partial charge in [-0.2, -0.15) is 0 Å². The monoisotopic (exact) mass is 500 g/mol. The molecule has 0 bridgehead atoms. The van der Waals surface area contributed by atoms with E-state index in [2.05, 4.69) is 44.7 Å². The summed E-state index contributed by atoms with van der Waals surface area (Å²) in [5.74, 6) is 3.23. The normalized spacial score (nSPS) is 19.2. The summed E-state index contributed by atoms with van der Waals surface area (Å²) in [6.07, 6.45) is 10.7. The molecule has 9 heteroatoms. The summed E-state index contributed by atoms with van der Waals surface area (Å²) >= 11 is 6.28. The summed E-state index contributed by atoms with van der Waals surface area (Å²) in [5, 5.41) is 12.2. The molecular formula is C27H29ClN8. The molecule has 6 rings (SSSR count). The van der Waals surface area contributed by atoms with E-state index >= 15 is 0 Å². The number of fused-ring (bicyclic) bond motifs is 1. The van der Waals surface area contributed by atoms with E-state index in [9.17, 15) is 0 Å². The second-order valence-electron chi connectivity index (χ2n) is 10.3. The van der Waals surface area contributed by atoms with Gasteiger partial charge in [-0.05, 0) is 67.0 Å². The van der Waals surface area contributed by atoms with Crippen LogP contribution in [0.25, 0.3) is 22.3 Å². The van der Waals surface area contributed by atoms with E-state index in [1.807, 2.05) is 24.5 Å². The van der Waals surface area contributed by atoms with Crippen molar-refractivity contribution in [3.8, 4) is 11.4 Å². The van der Waals surface area contributed by atoms with Crippen molar-refractivity contribution < 1.29 is 0 Å². The van der Waals surface area contributed by atoms with E-state index in [4.69, 9.17) is 21.6 Å². The van der Waals surface area contributed by atoms with Crippen LogP contribution in [0.15, 0.2) is 49.1 Å². The van der Waals surface area contributed by atoms with Crippen molar-refractivity contribution in [2.24, 2.45) is 5.41 Å². The molecule has 4 aromatic rings. The minimum absolute atomic E-state index is 0.0954. The topological polar surface area (TPSA) is 101 Å². The zero-order chi connectivity index (χ0) is 24.7. The molecule has 184 valence electrons. The molecule has 1 saturated carbocycles. The molecule has 3 N–H and O–H groups in total. The molecule has 1 atom stereocenters. The first-order chi connectivity index (χ1) is 17.5. The van der Waals surface area contributed by atoms with Crippen molar-refractivity contribution in [3.05, 3.63) is 59.6 Å². The van der Waals surface area contributed by atoms with E-state index < -0.39 is 0 Å². The number of hydrogen-bond donors (Lipinski definition) is 3. The first kappa shape index (κ1) is 23.1. The van der Waals surface area contributed by atoms with Crippen LogP contribution in [0.1, 0.15) is 44.6 Å². The van der Waals surface area contributed by atoms with E-state index in [-0.39, 0.29) is 5.41 Å². The molecule has 2 fully saturated rings. The Morgan fingerprint density at radius 3 is 2.72 bits per heavy atom. The van der Waals surface area contributed by atoms with Gasteiger partial charge in [0, 0.05) is 42.1 Å². The Balaban J connectivity index is 1.42. The predicted octanol–water partition coefficient (Wildman–Crippen LogP) is 5.56. The highest BCUT2D eigenvalue weighted by atomic mass is 35.5. The maximum absolute atomic E-state index is 6.28. The number of nitrogens with one attached hydrogen (secondary N) is 3. The zero-order valence-electron chi connectivity index (χ0n) is 20.4. The largest absolute Gasteiger partial charge is 0.366 e. The number of pyridine rings is 3. The molecule has 1 saturated heterocycles. The smallest absolute Gasteiger partial charge is 0.162 e. The Hall–Kier alpha value is -3.36. The van der Waals surface area contributed by atoms with Crippen LogP contribution in [0.3, 0.4) is 0 Å². The van der Waals surface area contributed by atoms with Gasteiger partial charge in [0.05, 0.1) is 16.7 Å². The lowest BCUT2D eigenvalue weighted by Crippen LogP contribution is -2.49. The van der Waals surface area contributed by atoms with E-state index in [0.29, 0.717) is 34.4 Å². The third kappa shape index (κ3) is 4.58. The van der Waals surface area contributed by atoms with Gasteiger partial charge in [0.2, 0.25) is 0 Å². The van der Waals surface area contributed by atoms with Crippen LogP contribution in [0.5, 0.6) is 0 Å². The Kier molecular flexibility index (Phi) is 5.93. The Labute approximate surface area is 215 Å². The lowest BCUT2D eigenvalue weighted by Gasteiger charge is -2.40. The molecule has 5 heterocycles. The fourth-order valence-corrected chi connectivity index (χ4v) is 5.06. The molecule has 2 aliphatic rings. The number of anilines is 3. The molecule has 4 aromatic heterocycles. The minimum Gasteiger partial charge on any atom is -0.366 e. The zero-order valence-corrected chi connectivity index (χ0v) is 21.2. The first-order valence-electron chi connectivity index (χ1n) is 12.4. The maximum atomic E-state index is 6.28. The van der Waals surface area contributed by atoms with E-state index in [1.54, 1.807) is 24.5 Å². The molecule has 0 radical (unpaired) electrons. The predicted molar refractivity (Wildman–Crippen MR) is 144 cm³/mol. The van der Waals surface area contributed by atoms with Crippen molar-refractivity contribution in [3.63, 3.8) is 0 Å². The quantitative estimate of drug-likeness (QED) is 0.316. The number of hydrogen-bond acceptors (Lipinski definition) is 8. The average molecular weight is 501 g/mol. The molecule has 36 heavy (non-hydrogen) atoms. The SMILES string of the molecule is CC1(C)CNCC[C@@H]1Nc1nc(-c2ccnc(Nc3ncccc3Cl)c2)nc2cncc(C3CC3)c12. The number of halogens is 1. The van der Waals surface area contributed by atoms with Crippen molar-refractivity contribution in [2.75, 3.05) is 23.7 Å². The van der Waals surface area contributed by atoms with Crippen LogP contribution in [0.2, 0.25) is 5.02 Å². The third-order valence-corrected chi connectivity index (χ3v) is 7.43. The van der Waals surface area contributed by atoms with Crippen LogP contribution in [0, 0.1) is 5.41 Å². The first-order valence-corrected chi connectivity index (χ1v) is 12.8. The second-order valence-corrected chi connectivity index (χ2v) is 10.7. The summed E-state index contributed by atoms with van der Waals surface area (Å²) in [5.41, 5.74) is 3.05. The number of piperidine rings is 1. The molecular weight excluding hydrogens is 472 g/mol. The molecule has 0 amide bonds. The fraction of sp³-hybridized carbons (Fsp3) is 0.370. The molecule has 1 aliphatic carbocycles. The van der Waals surface area contributed by atoms with Gasteiger partial charge in [0.1, 0.15) is 17.5 Å². The van der Waals surface area contributed by atoms with Crippen molar-refractivity contribution in [2.45, 2.75) is 45.1 Å². The van der Waals surface area contributed by atoms with Gasteiger partial charge >= 0.3 is 0 Å². The minimum atomic E-state index is 0.0954. The van der Waals surface area contributed by atoms with Gasteiger partial charge < -0.3 is 16.0 Å². The van der Waals surface area contributed by atoms with Gasteiger partial charge in [-0.1, -0.05) is 25.4 Å². The highest BCUT2D eigenvalue weighted by Crippen LogP contribution is 2.44. The molecule has 1 aliphatic heterocycles. The molecule has 8 nitrogen and oxygen atoms in total. The number of rotatable bonds is 6. The third-order valence-electron chi connectivity index (χ3n) is 7.12. The Morgan fingerprint density at radius 2 is 1.92 bits per heavy atom.